The standard InChI is InChI=1S/C15H17N3O3S/c19-13(17-7-2-1-3-8-17)10-18-14(20)12(22-15(18)21)9-11-5-4-6-16-11/h4-6,9,16H,1-3,7-8,10H2/b12-9+. The number of thioether (sulfide) groups is 1. The average molecular weight is 319 g/mol. The minimum atomic E-state index is -0.394. The molecule has 22 heavy (non-hydrogen) atoms. The Bertz CT molecular complexity index is 618. The van der Waals surface area contributed by atoms with Crippen molar-refractivity contribution < 1.29 is 14.4 Å². The van der Waals surface area contributed by atoms with Crippen molar-refractivity contribution in [1.82, 2.24) is 14.8 Å². The SMILES string of the molecule is O=C(CN1C(=O)S/C(=C/c2ccc[nH]2)C1=O)N1CCCCC1. The lowest BCUT2D eigenvalue weighted by Gasteiger charge is -2.27. The summed E-state index contributed by atoms with van der Waals surface area (Å²) in [6.45, 7) is 1.27. The van der Waals surface area contributed by atoms with E-state index in [1.807, 2.05) is 12.1 Å². The molecule has 0 saturated carbocycles. The van der Waals surface area contributed by atoms with Crippen molar-refractivity contribution in [2.75, 3.05) is 19.6 Å². The normalized spacial score (nSPS) is 21.0. The van der Waals surface area contributed by atoms with Crippen LogP contribution in [0.1, 0.15) is 25.0 Å². The molecule has 1 N–H and O–H groups in total. The van der Waals surface area contributed by atoms with Crippen LogP contribution >= 0.6 is 11.8 Å². The summed E-state index contributed by atoms with van der Waals surface area (Å²) in [5, 5.41) is -0.381. The number of aromatic nitrogens is 1. The van der Waals surface area contributed by atoms with Crippen molar-refractivity contribution in [3.63, 3.8) is 0 Å². The van der Waals surface area contributed by atoms with Crippen LogP contribution < -0.4 is 0 Å². The van der Waals surface area contributed by atoms with E-state index in [4.69, 9.17) is 0 Å². The molecular formula is C15H17N3O3S. The van der Waals surface area contributed by atoms with Crippen LogP contribution in [-0.4, -0.2) is 51.5 Å². The molecule has 0 bridgehead atoms. The number of nitrogens with zero attached hydrogens (tertiary/aromatic N) is 2. The topological polar surface area (TPSA) is 73.5 Å². The summed E-state index contributed by atoms with van der Waals surface area (Å²) in [6, 6.07) is 3.63. The second-order valence-corrected chi connectivity index (χ2v) is 6.33. The minimum Gasteiger partial charge on any atom is -0.362 e. The Hall–Kier alpha value is -2.02. The Labute approximate surface area is 132 Å². The van der Waals surface area contributed by atoms with Gasteiger partial charge < -0.3 is 9.88 Å². The van der Waals surface area contributed by atoms with Gasteiger partial charge in [0.25, 0.3) is 11.1 Å². The predicted octanol–water partition coefficient (Wildman–Crippen LogP) is 2.06. The van der Waals surface area contributed by atoms with Gasteiger partial charge in [-0.05, 0) is 49.2 Å². The number of piperidine rings is 1. The average Bonchev–Trinajstić information content (AvgIpc) is 3.12. The number of H-pyrrole nitrogens is 1. The van der Waals surface area contributed by atoms with E-state index in [-0.39, 0.29) is 17.7 Å². The molecule has 2 aliphatic rings. The fourth-order valence-electron chi connectivity index (χ4n) is 2.59. The number of amides is 3. The van der Waals surface area contributed by atoms with Crippen molar-refractivity contribution >= 4 is 34.9 Å². The van der Waals surface area contributed by atoms with Crippen LogP contribution in [0.2, 0.25) is 0 Å². The van der Waals surface area contributed by atoms with E-state index in [1.54, 1.807) is 17.2 Å². The third-order valence-electron chi connectivity index (χ3n) is 3.78. The highest BCUT2D eigenvalue weighted by atomic mass is 32.2. The van der Waals surface area contributed by atoms with Crippen LogP contribution in [-0.2, 0) is 9.59 Å². The summed E-state index contributed by atoms with van der Waals surface area (Å²) < 4.78 is 0. The van der Waals surface area contributed by atoms with Crippen molar-refractivity contribution in [1.29, 1.82) is 0 Å². The van der Waals surface area contributed by atoms with Gasteiger partial charge in [0.1, 0.15) is 6.54 Å². The van der Waals surface area contributed by atoms with E-state index in [1.165, 1.54) is 0 Å². The molecule has 6 nitrogen and oxygen atoms in total. The minimum absolute atomic E-state index is 0.150. The summed E-state index contributed by atoms with van der Waals surface area (Å²) in [7, 11) is 0. The maximum atomic E-state index is 12.3. The first-order chi connectivity index (χ1) is 10.6. The summed E-state index contributed by atoms with van der Waals surface area (Å²) in [6.07, 6.45) is 6.48. The fraction of sp³-hybridized carbons (Fsp3) is 0.400. The number of hydrogen-bond acceptors (Lipinski definition) is 4. The van der Waals surface area contributed by atoms with Gasteiger partial charge in [-0.1, -0.05) is 0 Å². The second kappa shape index (κ2) is 6.39. The molecule has 2 aliphatic heterocycles. The maximum Gasteiger partial charge on any atom is 0.294 e. The summed E-state index contributed by atoms with van der Waals surface area (Å²) in [4.78, 5) is 42.6. The second-order valence-electron chi connectivity index (χ2n) is 5.33. The summed E-state index contributed by atoms with van der Waals surface area (Å²) >= 11 is 0.876. The first-order valence-electron chi connectivity index (χ1n) is 7.32. The van der Waals surface area contributed by atoms with Crippen LogP contribution in [0.3, 0.4) is 0 Å². The zero-order valence-electron chi connectivity index (χ0n) is 12.1. The molecule has 3 amide bonds. The number of rotatable bonds is 3. The zero-order chi connectivity index (χ0) is 15.5. The summed E-state index contributed by atoms with van der Waals surface area (Å²) in [5.41, 5.74) is 0.757. The third kappa shape index (κ3) is 3.09. The first-order valence-corrected chi connectivity index (χ1v) is 8.13. The van der Waals surface area contributed by atoms with Gasteiger partial charge in [0.15, 0.2) is 0 Å². The molecule has 3 rings (SSSR count). The molecule has 2 saturated heterocycles. The van der Waals surface area contributed by atoms with Gasteiger partial charge in [-0.2, -0.15) is 0 Å². The van der Waals surface area contributed by atoms with Crippen molar-refractivity contribution in [3.8, 4) is 0 Å². The quantitative estimate of drug-likeness (QED) is 0.866. The van der Waals surface area contributed by atoms with E-state index >= 15 is 0 Å². The molecular weight excluding hydrogens is 302 g/mol. The lowest BCUT2D eigenvalue weighted by molar-refractivity contribution is -0.136. The van der Waals surface area contributed by atoms with Crippen molar-refractivity contribution in [3.05, 3.63) is 28.9 Å². The highest BCUT2D eigenvalue weighted by Gasteiger charge is 2.37. The van der Waals surface area contributed by atoms with Crippen LogP contribution in [0.25, 0.3) is 6.08 Å². The first kappa shape index (κ1) is 14.9. The zero-order valence-corrected chi connectivity index (χ0v) is 12.9. The molecule has 0 atom stereocenters. The number of carbonyl (C=O) groups excluding carboxylic acids is 3. The molecule has 3 heterocycles. The number of carbonyl (C=O) groups is 3. The molecule has 116 valence electrons. The van der Waals surface area contributed by atoms with Crippen molar-refractivity contribution in [2.24, 2.45) is 0 Å². The Morgan fingerprint density at radius 3 is 2.73 bits per heavy atom. The van der Waals surface area contributed by atoms with Gasteiger partial charge in [0.05, 0.1) is 4.91 Å². The van der Waals surface area contributed by atoms with E-state index in [0.29, 0.717) is 18.0 Å². The van der Waals surface area contributed by atoms with E-state index in [9.17, 15) is 14.4 Å². The highest BCUT2D eigenvalue weighted by molar-refractivity contribution is 8.18. The molecule has 0 aromatic carbocycles. The molecule has 0 unspecified atom stereocenters. The largest absolute Gasteiger partial charge is 0.362 e. The molecule has 0 spiro atoms. The summed E-state index contributed by atoms with van der Waals surface area (Å²) in [5.74, 6) is -0.543. The molecule has 2 fully saturated rings. The fourth-order valence-corrected chi connectivity index (χ4v) is 3.42. The Kier molecular flexibility index (Phi) is 4.33. The van der Waals surface area contributed by atoms with Crippen LogP contribution in [0, 0.1) is 0 Å². The lowest BCUT2D eigenvalue weighted by Crippen LogP contribution is -2.44. The van der Waals surface area contributed by atoms with Gasteiger partial charge >= 0.3 is 0 Å². The monoisotopic (exact) mass is 319 g/mol. The van der Waals surface area contributed by atoms with Gasteiger partial charge in [-0.3, -0.25) is 19.3 Å². The molecule has 1 aromatic rings. The van der Waals surface area contributed by atoms with E-state index in [0.717, 1.165) is 41.6 Å². The van der Waals surface area contributed by atoms with E-state index < -0.39 is 5.91 Å². The number of nitrogens with one attached hydrogen (secondary N) is 1. The van der Waals surface area contributed by atoms with Crippen LogP contribution in [0.5, 0.6) is 0 Å². The smallest absolute Gasteiger partial charge is 0.294 e. The van der Waals surface area contributed by atoms with Gasteiger partial charge in [-0.25, -0.2) is 0 Å². The molecule has 0 aliphatic carbocycles. The third-order valence-corrected chi connectivity index (χ3v) is 4.69. The number of likely N-dealkylation sites (tertiary alicyclic amines) is 1. The van der Waals surface area contributed by atoms with Gasteiger partial charge in [0, 0.05) is 25.0 Å². The molecule has 1 aromatic heterocycles. The van der Waals surface area contributed by atoms with Crippen molar-refractivity contribution in [2.45, 2.75) is 19.3 Å². The maximum absolute atomic E-state index is 12.3. The van der Waals surface area contributed by atoms with Gasteiger partial charge in [0.2, 0.25) is 5.91 Å². The predicted molar refractivity (Wildman–Crippen MR) is 83.9 cm³/mol. The highest BCUT2D eigenvalue weighted by Crippen LogP contribution is 2.31. The number of imide groups is 1. The van der Waals surface area contributed by atoms with Gasteiger partial charge in [-0.15, -0.1) is 0 Å². The molecule has 7 heteroatoms. The Balaban J connectivity index is 1.68. The van der Waals surface area contributed by atoms with E-state index in [2.05, 4.69) is 4.98 Å². The van der Waals surface area contributed by atoms with Crippen LogP contribution in [0.4, 0.5) is 4.79 Å². The number of aromatic amines is 1. The Morgan fingerprint density at radius 1 is 1.27 bits per heavy atom. The molecule has 0 radical (unpaired) electrons. The van der Waals surface area contributed by atoms with Crippen LogP contribution in [0.15, 0.2) is 23.2 Å². The lowest BCUT2D eigenvalue weighted by atomic mass is 10.1. The number of hydrogen-bond donors (Lipinski definition) is 1. The Morgan fingerprint density at radius 2 is 2.05 bits per heavy atom.